The number of nitriles is 1. The number of thiophene rings is 1. The molecule has 0 fully saturated rings. The monoisotopic (exact) mass is 278 g/mol. The summed E-state index contributed by atoms with van der Waals surface area (Å²) in [7, 11) is 0. The van der Waals surface area contributed by atoms with E-state index in [9.17, 15) is 9.18 Å². The minimum Gasteiger partial charge on any atom is -0.320 e. The number of carbonyl (C=O) groups is 1. The van der Waals surface area contributed by atoms with Crippen LogP contribution in [0.1, 0.15) is 15.2 Å². The van der Waals surface area contributed by atoms with Crippen molar-refractivity contribution in [2.24, 2.45) is 0 Å². The van der Waals surface area contributed by atoms with Crippen LogP contribution in [0.2, 0.25) is 0 Å². The molecule has 0 radical (unpaired) electrons. The number of rotatable bonds is 2. The SMILES string of the molecule is N#Cc1c(F)cccc1NC(=O)c1cc(S)cs1. The summed E-state index contributed by atoms with van der Waals surface area (Å²) < 4.78 is 13.3. The number of thiol groups is 1. The molecule has 6 heteroatoms. The summed E-state index contributed by atoms with van der Waals surface area (Å²) in [4.78, 5) is 13.0. The molecule has 0 saturated carbocycles. The molecule has 0 unspecified atom stereocenters. The molecular weight excluding hydrogens is 271 g/mol. The van der Waals surface area contributed by atoms with E-state index < -0.39 is 5.82 Å². The molecule has 90 valence electrons. The van der Waals surface area contributed by atoms with Crippen molar-refractivity contribution in [3.05, 3.63) is 45.9 Å². The third-order valence-electron chi connectivity index (χ3n) is 2.18. The summed E-state index contributed by atoms with van der Waals surface area (Å²) >= 11 is 5.33. The van der Waals surface area contributed by atoms with E-state index >= 15 is 0 Å². The van der Waals surface area contributed by atoms with E-state index in [1.807, 2.05) is 0 Å². The maximum absolute atomic E-state index is 13.3. The van der Waals surface area contributed by atoms with Crippen molar-refractivity contribution in [1.29, 1.82) is 5.26 Å². The van der Waals surface area contributed by atoms with Crippen LogP contribution in [-0.2, 0) is 0 Å². The summed E-state index contributed by atoms with van der Waals surface area (Å²) in [6.07, 6.45) is 0. The number of carbonyl (C=O) groups excluding carboxylic acids is 1. The molecule has 1 N–H and O–H groups in total. The minimum atomic E-state index is -0.656. The Morgan fingerprint density at radius 1 is 1.50 bits per heavy atom. The molecule has 0 spiro atoms. The number of hydrogen-bond acceptors (Lipinski definition) is 4. The van der Waals surface area contributed by atoms with Crippen molar-refractivity contribution in [3.63, 3.8) is 0 Å². The molecular formula is C12H7FN2OS2. The predicted molar refractivity (Wildman–Crippen MR) is 70.6 cm³/mol. The molecule has 0 saturated heterocycles. The van der Waals surface area contributed by atoms with Gasteiger partial charge in [-0.05, 0) is 18.2 Å². The topological polar surface area (TPSA) is 52.9 Å². The first-order chi connectivity index (χ1) is 8.61. The Morgan fingerprint density at radius 3 is 2.89 bits per heavy atom. The van der Waals surface area contributed by atoms with E-state index in [1.165, 1.54) is 29.5 Å². The Morgan fingerprint density at radius 2 is 2.28 bits per heavy atom. The zero-order valence-corrected chi connectivity index (χ0v) is 10.7. The third kappa shape index (κ3) is 2.53. The third-order valence-corrected chi connectivity index (χ3v) is 3.54. The summed E-state index contributed by atoms with van der Waals surface area (Å²) in [6, 6.07) is 7.42. The van der Waals surface area contributed by atoms with E-state index in [0.717, 1.165) is 0 Å². The smallest absolute Gasteiger partial charge is 0.265 e. The maximum Gasteiger partial charge on any atom is 0.265 e. The van der Waals surface area contributed by atoms with Gasteiger partial charge in [0.2, 0.25) is 0 Å². The second kappa shape index (κ2) is 5.21. The molecule has 0 aliphatic heterocycles. The second-order valence-electron chi connectivity index (χ2n) is 3.40. The molecule has 1 aromatic carbocycles. The van der Waals surface area contributed by atoms with E-state index in [2.05, 4.69) is 17.9 Å². The van der Waals surface area contributed by atoms with Crippen molar-refractivity contribution in [1.82, 2.24) is 0 Å². The molecule has 0 aliphatic carbocycles. The Labute approximate surface area is 112 Å². The molecule has 2 aromatic rings. The number of nitrogens with zero attached hydrogens (tertiary/aromatic N) is 1. The van der Waals surface area contributed by atoms with Crippen LogP contribution in [0.25, 0.3) is 0 Å². The van der Waals surface area contributed by atoms with Crippen LogP contribution in [0.15, 0.2) is 34.5 Å². The van der Waals surface area contributed by atoms with Gasteiger partial charge in [0.25, 0.3) is 5.91 Å². The van der Waals surface area contributed by atoms with Crippen LogP contribution >= 0.6 is 24.0 Å². The van der Waals surface area contributed by atoms with Crippen LogP contribution < -0.4 is 5.32 Å². The van der Waals surface area contributed by atoms with E-state index in [4.69, 9.17) is 5.26 Å². The minimum absolute atomic E-state index is 0.164. The normalized spacial score (nSPS) is 9.83. The van der Waals surface area contributed by atoms with Crippen LogP contribution in [0.3, 0.4) is 0 Å². The van der Waals surface area contributed by atoms with Gasteiger partial charge in [-0.1, -0.05) is 6.07 Å². The standard InChI is InChI=1S/C12H7FN2OS2/c13-9-2-1-3-10(8(9)5-14)15-12(16)11-4-7(17)6-18-11/h1-4,6,17H,(H,15,16). The van der Waals surface area contributed by atoms with Crippen molar-refractivity contribution in [3.8, 4) is 6.07 Å². The highest BCUT2D eigenvalue weighted by Crippen LogP contribution is 2.22. The summed E-state index contributed by atoms with van der Waals surface area (Å²) in [5.74, 6) is -1.04. The first-order valence-corrected chi connectivity index (χ1v) is 6.22. The molecule has 1 amide bonds. The second-order valence-corrected chi connectivity index (χ2v) is 4.83. The molecule has 2 rings (SSSR count). The Kier molecular flexibility index (Phi) is 3.65. The van der Waals surface area contributed by atoms with Gasteiger partial charge in [0.15, 0.2) is 0 Å². The molecule has 3 nitrogen and oxygen atoms in total. The lowest BCUT2D eigenvalue weighted by molar-refractivity contribution is 0.103. The number of nitrogens with one attached hydrogen (secondary N) is 1. The van der Waals surface area contributed by atoms with Gasteiger partial charge in [0.05, 0.1) is 10.6 Å². The molecule has 0 bridgehead atoms. The number of halogens is 1. The molecule has 18 heavy (non-hydrogen) atoms. The molecule has 0 atom stereocenters. The molecule has 1 aromatic heterocycles. The van der Waals surface area contributed by atoms with Crippen LogP contribution in [0, 0.1) is 17.1 Å². The molecule has 1 heterocycles. The highest BCUT2D eigenvalue weighted by Gasteiger charge is 2.13. The highest BCUT2D eigenvalue weighted by atomic mass is 32.1. The molecule has 0 aliphatic rings. The lowest BCUT2D eigenvalue weighted by atomic mass is 10.2. The fourth-order valence-electron chi connectivity index (χ4n) is 1.37. The number of hydrogen-bond donors (Lipinski definition) is 2. The number of amides is 1. The van der Waals surface area contributed by atoms with E-state index in [0.29, 0.717) is 9.77 Å². The van der Waals surface area contributed by atoms with Gasteiger partial charge in [0, 0.05) is 10.3 Å². The first kappa shape index (κ1) is 12.6. The van der Waals surface area contributed by atoms with Gasteiger partial charge in [-0.25, -0.2) is 4.39 Å². The van der Waals surface area contributed by atoms with Crippen LogP contribution in [-0.4, -0.2) is 5.91 Å². The van der Waals surface area contributed by atoms with Gasteiger partial charge in [-0.15, -0.1) is 24.0 Å². The van der Waals surface area contributed by atoms with Crippen molar-refractivity contribution in [2.75, 3.05) is 5.32 Å². The fraction of sp³-hybridized carbons (Fsp3) is 0. The number of benzene rings is 1. The maximum atomic E-state index is 13.3. The first-order valence-electron chi connectivity index (χ1n) is 4.89. The predicted octanol–water partition coefficient (Wildman–Crippen LogP) is 3.30. The number of anilines is 1. The Hall–Kier alpha value is -1.84. The average molecular weight is 278 g/mol. The van der Waals surface area contributed by atoms with Crippen LogP contribution in [0.4, 0.5) is 10.1 Å². The lowest BCUT2D eigenvalue weighted by Gasteiger charge is -2.05. The van der Waals surface area contributed by atoms with E-state index in [1.54, 1.807) is 17.5 Å². The lowest BCUT2D eigenvalue weighted by Crippen LogP contribution is -2.11. The summed E-state index contributed by atoms with van der Waals surface area (Å²) in [5.41, 5.74) is -0.00915. The van der Waals surface area contributed by atoms with Crippen molar-refractivity contribution >= 4 is 35.6 Å². The van der Waals surface area contributed by atoms with Crippen molar-refractivity contribution in [2.45, 2.75) is 4.90 Å². The van der Waals surface area contributed by atoms with Crippen molar-refractivity contribution < 1.29 is 9.18 Å². The van der Waals surface area contributed by atoms with E-state index in [-0.39, 0.29) is 17.2 Å². The zero-order chi connectivity index (χ0) is 13.1. The van der Waals surface area contributed by atoms with Gasteiger partial charge in [-0.3, -0.25) is 4.79 Å². The quantitative estimate of drug-likeness (QED) is 0.828. The average Bonchev–Trinajstić information content (AvgIpc) is 2.76. The van der Waals surface area contributed by atoms with Gasteiger partial charge >= 0.3 is 0 Å². The zero-order valence-electron chi connectivity index (χ0n) is 8.98. The largest absolute Gasteiger partial charge is 0.320 e. The van der Waals surface area contributed by atoms with Gasteiger partial charge < -0.3 is 5.32 Å². The summed E-state index contributed by atoms with van der Waals surface area (Å²) in [6.45, 7) is 0. The Bertz CT molecular complexity index is 646. The fourth-order valence-corrected chi connectivity index (χ4v) is 2.41. The van der Waals surface area contributed by atoms with Gasteiger partial charge in [0.1, 0.15) is 17.4 Å². The Balaban J connectivity index is 2.28. The summed E-state index contributed by atoms with van der Waals surface area (Å²) in [5, 5.41) is 13.1. The highest BCUT2D eigenvalue weighted by molar-refractivity contribution is 7.80. The van der Waals surface area contributed by atoms with Crippen LogP contribution in [0.5, 0.6) is 0 Å². The van der Waals surface area contributed by atoms with Gasteiger partial charge in [-0.2, -0.15) is 5.26 Å².